The molecule has 4 nitrogen and oxygen atoms in total. The Hall–Kier alpha value is -1.72. The predicted octanol–water partition coefficient (Wildman–Crippen LogP) is 4.61. The molecule has 0 unspecified atom stereocenters. The van der Waals surface area contributed by atoms with Gasteiger partial charge in [-0.15, -0.1) is 11.3 Å². The zero-order valence-corrected chi connectivity index (χ0v) is 15.3. The van der Waals surface area contributed by atoms with Crippen LogP contribution < -0.4 is 9.47 Å². The van der Waals surface area contributed by atoms with Crippen molar-refractivity contribution < 1.29 is 14.3 Å². The van der Waals surface area contributed by atoms with Crippen molar-refractivity contribution in [3.63, 3.8) is 0 Å². The SMILES string of the molecule is CCOc1c(Cl)cc(C(=O)N(Cc2cccs2)C2CC2)cc1OC. The molecule has 0 saturated heterocycles. The Morgan fingerprint density at radius 1 is 1.42 bits per heavy atom. The van der Waals surface area contributed by atoms with Gasteiger partial charge in [-0.3, -0.25) is 4.79 Å². The van der Waals surface area contributed by atoms with Gasteiger partial charge in [-0.05, 0) is 43.3 Å². The molecule has 1 aliphatic carbocycles. The number of benzene rings is 1. The first-order valence-electron chi connectivity index (χ1n) is 7.97. The highest BCUT2D eigenvalue weighted by Gasteiger charge is 2.33. The number of carbonyl (C=O) groups is 1. The van der Waals surface area contributed by atoms with Crippen LogP contribution in [0.15, 0.2) is 29.6 Å². The normalized spacial score (nSPS) is 13.6. The number of ether oxygens (including phenoxy) is 2. The second-order valence-electron chi connectivity index (χ2n) is 5.67. The smallest absolute Gasteiger partial charge is 0.254 e. The first-order valence-corrected chi connectivity index (χ1v) is 9.23. The molecule has 6 heteroatoms. The number of nitrogens with zero attached hydrogens (tertiary/aromatic N) is 1. The van der Waals surface area contributed by atoms with Crippen LogP contribution in [0, 0.1) is 0 Å². The molecular formula is C18H20ClNO3S. The monoisotopic (exact) mass is 365 g/mol. The molecule has 1 fully saturated rings. The van der Waals surface area contributed by atoms with Crippen molar-refractivity contribution in [2.75, 3.05) is 13.7 Å². The molecule has 1 heterocycles. The van der Waals surface area contributed by atoms with Crippen LogP contribution in [0.5, 0.6) is 11.5 Å². The van der Waals surface area contributed by atoms with Gasteiger partial charge in [-0.2, -0.15) is 0 Å². The van der Waals surface area contributed by atoms with E-state index in [1.54, 1.807) is 30.6 Å². The number of hydrogen-bond donors (Lipinski definition) is 0. The molecule has 2 aromatic rings. The summed E-state index contributed by atoms with van der Waals surface area (Å²) < 4.78 is 10.9. The quantitative estimate of drug-likeness (QED) is 0.719. The van der Waals surface area contributed by atoms with E-state index in [4.69, 9.17) is 21.1 Å². The summed E-state index contributed by atoms with van der Waals surface area (Å²) in [5, 5.41) is 2.42. The highest BCUT2D eigenvalue weighted by atomic mass is 35.5. The van der Waals surface area contributed by atoms with Crippen molar-refractivity contribution in [2.45, 2.75) is 32.4 Å². The topological polar surface area (TPSA) is 38.8 Å². The van der Waals surface area contributed by atoms with E-state index in [1.165, 1.54) is 4.88 Å². The molecule has 0 bridgehead atoms. The molecule has 1 saturated carbocycles. The van der Waals surface area contributed by atoms with Gasteiger partial charge >= 0.3 is 0 Å². The maximum absolute atomic E-state index is 13.0. The summed E-state index contributed by atoms with van der Waals surface area (Å²) in [6, 6.07) is 7.76. The van der Waals surface area contributed by atoms with Crippen molar-refractivity contribution in [2.24, 2.45) is 0 Å². The third-order valence-electron chi connectivity index (χ3n) is 3.92. The van der Waals surface area contributed by atoms with Gasteiger partial charge in [0, 0.05) is 16.5 Å². The largest absolute Gasteiger partial charge is 0.493 e. The van der Waals surface area contributed by atoms with Crippen molar-refractivity contribution in [3.8, 4) is 11.5 Å². The third-order valence-corrected chi connectivity index (χ3v) is 5.06. The third kappa shape index (κ3) is 3.68. The van der Waals surface area contributed by atoms with Gasteiger partial charge in [0.1, 0.15) is 0 Å². The van der Waals surface area contributed by atoms with Crippen molar-refractivity contribution >= 4 is 28.8 Å². The van der Waals surface area contributed by atoms with E-state index >= 15 is 0 Å². The van der Waals surface area contributed by atoms with Gasteiger partial charge < -0.3 is 14.4 Å². The maximum atomic E-state index is 13.0. The molecule has 0 spiro atoms. The Morgan fingerprint density at radius 3 is 2.79 bits per heavy atom. The van der Waals surface area contributed by atoms with Gasteiger partial charge in [0.2, 0.25) is 0 Å². The van der Waals surface area contributed by atoms with Gasteiger partial charge in [0.25, 0.3) is 5.91 Å². The second-order valence-corrected chi connectivity index (χ2v) is 7.11. The molecule has 0 N–H and O–H groups in total. The summed E-state index contributed by atoms with van der Waals surface area (Å²) in [5.41, 5.74) is 0.531. The predicted molar refractivity (Wildman–Crippen MR) is 96.4 cm³/mol. The Labute approximate surface area is 150 Å². The Bertz CT molecular complexity index is 713. The highest BCUT2D eigenvalue weighted by Crippen LogP contribution is 2.38. The van der Waals surface area contributed by atoms with E-state index in [0.29, 0.717) is 41.3 Å². The van der Waals surface area contributed by atoms with Crippen LogP contribution in [0.2, 0.25) is 5.02 Å². The summed E-state index contributed by atoms with van der Waals surface area (Å²) in [6.45, 7) is 2.99. The Morgan fingerprint density at radius 2 is 2.21 bits per heavy atom. The number of methoxy groups -OCH3 is 1. The van der Waals surface area contributed by atoms with E-state index in [0.717, 1.165) is 12.8 Å². The van der Waals surface area contributed by atoms with Crippen LogP contribution in [-0.2, 0) is 6.54 Å². The van der Waals surface area contributed by atoms with Crippen molar-refractivity contribution in [1.29, 1.82) is 0 Å². The Kier molecular flexibility index (Phi) is 5.31. The minimum absolute atomic E-state index is 0.0193. The van der Waals surface area contributed by atoms with E-state index < -0.39 is 0 Å². The first-order chi connectivity index (χ1) is 11.6. The summed E-state index contributed by atoms with van der Waals surface area (Å²) in [6.07, 6.45) is 2.11. The average molecular weight is 366 g/mol. The van der Waals surface area contributed by atoms with Gasteiger partial charge in [-0.25, -0.2) is 0 Å². The van der Waals surface area contributed by atoms with Crippen LogP contribution in [0.4, 0.5) is 0 Å². The highest BCUT2D eigenvalue weighted by molar-refractivity contribution is 7.09. The standard InChI is InChI=1S/C18H20ClNO3S/c1-3-23-17-15(19)9-12(10-16(17)22-2)18(21)20(13-6-7-13)11-14-5-4-8-24-14/h4-5,8-10,13H,3,6-7,11H2,1-2H3. The molecule has 1 aliphatic rings. The summed E-state index contributed by atoms with van der Waals surface area (Å²) in [7, 11) is 1.55. The fourth-order valence-corrected chi connectivity index (χ4v) is 3.58. The zero-order valence-electron chi connectivity index (χ0n) is 13.8. The molecule has 1 aromatic carbocycles. The minimum atomic E-state index is -0.0193. The second kappa shape index (κ2) is 7.45. The number of halogens is 1. The molecule has 0 aliphatic heterocycles. The average Bonchev–Trinajstić information content (AvgIpc) is 3.29. The minimum Gasteiger partial charge on any atom is -0.493 e. The van der Waals surface area contributed by atoms with Crippen LogP contribution in [0.3, 0.4) is 0 Å². The van der Waals surface area contributed by atoms with Crippen LogP contribution in [0.25, 0.3) is 0 Å². The number of hydrogen-bond acceptors (Lipinski definition) is 4. The number of thiophene rings is 1. The molecular weight excluding hydrogens is 346 g/mol. The van der Waals surface area contributed by atoms with Crippen LogP contribution in [-0.4, -0.2) is 30.6 Å². The summed E-state index contributed by atoms with van der Waals surface area (Å²) in [5.74, 6) is 0.947. The lowest BCUT2D eigenvalue weighted by molar-refractivity contribution is 0.0731. The van der Waals surface area contributed by atoms with Crippen LogP contribution >= 0.6 is 22.9 Å². The van der Waals surface area contributed by atoms with E-state index in [-0.39, 0.29) is 5.91 Å². The van der Waals surface area contributed by atoms with Crippen molar-refractivity contribution in [3.05, 3.63) is 45.1 Å². The summed E-state index contributed by atoms with van der Waals surface area (Å²) in [4.78, 5) is 16.1. The number of rotatable bonds is 7. The summed E-state index contributed by atoms with van der Waals surface area (Å²) >= 11 is 7.97. The van der Waals surface area contributed by atoms with Crippen molar-refractivity contribution in [1.82, 2.24) is 4.90 Å². The fourth-order valence-electron chi connectivity index (χ4n) is 2.62. The molecule has 0 radical (unpaired) electrons. The molecule has 128 valence electrons. The van der Waals surface area contributed by atoms with Gasteiger partial charge in [-0.1, -0.05) is 17.7 Å². The van der Waals surface area contributed by atoms with Crippen LogP contribution in [0.1, 0.15) is 35.0 Å². The Balaban J connectivity index is 1.88. The molecule has 3 rings (SSSR count). The number of carbonyl (C=O) groups excluding carboxylic acids is 1. The lowest BCUT2D eigenvalue weighted by Crippen LogP contribution is -2.32. The molecule has 1 aromatic heterocycles. The first kappa shape index (κ1) is 17.1. The molecule has 0 atom stereocenters. The van der Waals surface area contributed by atoms with Gasteiger partial charge in [0.15, 0.2) is 11.5 Å². The van der Waals surface area contributed by atoms with E-state index in [9.17, 15) is 4.79 Å². The molecule has 24 heavy (non-hydrogen) atoms. The zero-order chi connectivity index (χ0) is 17.1. The fraction of sp³-hybridized carbons (Fsp3) is 0.389. The maximum Gasteiger partial charge on any atom is 0.254 e. The molecule has 1 amide bonds. The van der Waals surface area contributed by atoms with E-state index in [1.807, 2.05) is 23.3 Å². The lowest BCUT2D eigenvalue weighted by Gasteiger charge is -2.23. The van der Waals surface area contributed by atoms with Gasteiger partial charge in [0.05, 0.1) is 25.3 Å². The lowest BCUT2D eigenvalue weighted by atomic mass is 10.1. The number of amides is 1. The van der Waals surface area contributed by atoms with E-state index in [2.05, 4.69) is 6.07 Å².